The molecule has 1 aliphatic heterocycles. The lowest BCUT2D eigenvalue weighted by Gasteiger charge is -2.27. The molecule has 1 heterocycles. The van der Waals surface area contributed by atoms with Gasteiger partial charge >= 0.3 is 5.97 Å². The van der Waals surface area contributed by atoms with Crippen molar-refractivity contribution in [1.82, 2.24) is 4.90 Å². The van der Waals surface area contributed by atoms with Gasteiger partial charge in [0.15, 0.2) is 0 Å². The fourth-order valence-electron chi connectivity index (χ4n) is 1.77. The summed E-state index contributed by atoms with van der Waals surface area (Å²) in [5.74, 6) is -0.759. The number of nitrogens with one attached hydrogen (secondary N) is 1. The zero-order valence-electron chi connectivity index (χ0n) is 8.08. The van der Waals surface area contributed by atoms with E-state index < -0.39 is 5.97 Å². The minimum Gasteiger partial charge on any atom is -0.480 e. The smallest absolute Gasteiger partial charge is 0.320 e. The monoisotopic (exact) mass is 184 g/mol. The van der Waals surface area contributed by atoms with Crippen LogP contribution in [0.3, 0.4) is 0 Å². The van der Waals surface area contributed by atoms with Crippen molar-refractivity contribution in [2.24, 2.45) is 0 Å². The molecule has 74 valence electrons. The van der Waals surface area contributed by atoms with E-state index in [1.807, 2.05) is 11.8 Å². The molecule has 1 saturated heterocycles. The van der Waals surface area contributed by atoms with Gasteiger partial charge in [-0.2, -0.15) is 0 Å². The molecule has 0 aliphatic carbocycles. The van der Waals surface area contributed by atoms with Crippen LogP contribution in [0.2, 0.25) is 0 Å². The van der Waals surface area contributed by atoms with E-state index in [2.05, 4.69) is 0 Å². The minimum atomic E-state index is -0.759. The van der Waals surface area contributed by atoms with Gasteiger partial charge in [0.05, 0.1) is 0 Å². The van der Waals surface area contributed by atoms with Crippen molar-refractivity contribution in [2.45, 2.75) is 38.8 Å². The first-order valence-electron chi connectivity index (χ1n) is 4.57. The molecule has 0 amide bonds. The van der Waals surface area contributed by atoms with Crippen LogP contribution in [0, 0.1) is 5.41 Å². The molecule has 2 N–H and O–H groups in total. The highest BCUT2D eigenvalue weighted by Gasteiger charge is 2.33. The van der Waals surface area contributed by atoms with Crippen LogP contribution in [0.4, 0.5) is 0 Å². The van der Waals surface area contributed by atoms with Gasteiger partial charge in [0.25, 0.3) is 0 Å². The van der Waals surface area contributed by atoms with Crippen molar-refractivity contribution < 1.29 is 9.90 Å². The van der Waals surface area contributed by atoms with Crippen molar-refractivity contribution in [3.05, 3.63) is 0 Å². The maximum atomic E-state index is 10.8. The second kappa shape index (κ2) is 3.87. The Morgan fingerprint density at radius 1 is 1.69 bits per heavy atom. The molecule has 13 heavy (non-hydrogen) atoms. The summed E-state index contributed by atoms with van der Waals surface area (Å²) in [5.41, 5.74) is 0.535. The molecule has 2 atom stereocenters. The van der Waals surface area contributed by atoms with Gasteiger partial charge in [0.2, 0.25) is 0 Å². The molecular weight excluding hydrogens is 168 g/mol. The maximum absolute atomic E-state index is 10.8. The molecule has 1 fully saturated rings. The molecule has 0 aromatic heterocycles. The molecule has 4 nitrogen and oxygen atoms in total. The lowest BCUT2D eigenvalue weighted by molar-refractivity contribution is -0.142. The van der Waals surface area contributed by atoms with E-state index >= 15 is 0 Å². The molecule has 0 spiro atoms. The zero-order chi connectivity index (χ0) is 10.0. The first-order chi connectivity index (χ1) is 6.04. The van der Waals surface area contributed by atoms with Crippen molar-refractivity contribution in [3.63, 3.8) is 0 Å². The zero-order valence-corrected chi connectivity index (χ0v) is 8.08. The van der Waals surface area contributed by atoms with Gasteiger partial charge in [-0.1, -0.05) is 0 Å². The van der Waals surface area contributed by atoms with E-state index in [9.17, 15) is 4.79 Å². The largest absolute Gasteiger partial charge is 0.480 e. The highest BCUT2D eigenvalue weighted by molar-refractivity contribution is 5.85. The number of carboxylic acid groups (broad SMARTS) is 1. The lowest BCUT2D eigenvalue weighted by Crippen LogP contribution is -2.44. The highest BCUT2D eigenvalue weighted by atomic mass is 16.4. The standard InChI is InChI=1S/C9H16N2O2/c1-6(10)7(2)11-5-3-4-8(11)9(12)13/h7-8,10H,3-5H2,1-2H3,(H,12,13)/t7-,8?/m0/s1. The normalized spacial score (nSPS) is 25.8. The summed E-state index contributed by atoms with van der Waals surface area (Å²) in [6.07, 6.45) is 1.64. The average molecular weight is 184 g/mol. The van der Waals surface area contributed by atoms with Crippen LogP contribution >= 0.6 is 0 Å². The van der Waals surface area contributed by atoms with Gasteiger partial charge < -0.3 is 10.5 Å². The summed E-state index contributed by atoms with van der Waals surface area (Å²) in [5, 5.41) is 16.4. The van der Waals surface area contributed by atoms with Crippen LogP contribution in [0.5, 0.6) is 0 Å². The average Bonchev–Trinajstić information content (AvgIpc) is 2.50. The summed E-state index contributed by atoms with van der Waals surface area (Å²) in [6.45, 7) is 4.42. The van der Waals surface area contributed by atoms with Crippen molar-refractivity contribution in [3.8, 4) is 0 Å². The SMILES string of the molecule is CC(=N)[C@H](C)N1CCCC1C(=O)O. The number of aliphatic carboxylic acids is 1. The Kier molecular flexibility index (Phi) is 3.03. The van der Waals surface area contributed by atoms with Crippen molar-refractivity contribution in [2.75, 3.05) is 6.54 Å². The van der Waals surface area contributed by atoms with Gasteiger partial charge in [-0.25, -0.2) is 0 Å². The first-order valence-corrected chi connectivity index (χ1v) is 4.57. The Morgan fingerprint density at radius 3 is 2.77 bits per heavy atom. The molecule has 0 bridgehead atoms. The molecular formula is C9H16N2O2. The molecule has 1 rings (SSSR count). The van der Waals surface area contributed by atoms with Gasteiger partial charge in [0, 0.05) is 11.8 Å². The fraction of sp³-hybridized carbons (Fsp3) is 0.778. The van der Waals surface area contributed by atoms with Crippen LogP contribution in [-0.2, 0) is 4.79 Å². The third-order valence-electron chi connectivity index (χ3n) is 2.70. The summed E-state index contributed by atoms with van der Waals surface area (Å²) >= 11 is 0. The van der Waals surface area contributed by atoms with Gasteiger partial charge in [0.1, 0.15) is 6.04 Å². The number of carboxylic acids is 1. The van der Waals surface area contributed by atoms with Gasteiger partial charge in [-0.3, -0.25) is 9.69 Å². The summed E-state index contributed by atoms with van der Waals surface area (Å²) in [6, 6.07) is -0.418. The third-order valence-corrected chi connectivity index (χ3v) is 2.70. The number of likely N-dealkylation sites (tertiary alicyclic amines) is 1. The Hall–Kier alpha value is -0.900. The van der Waals surface area contributed by atoms with E-state index in [4.69, 9.17) is 10.5 Å². The molecule has 0 aromatic rings. The van der Waals surface area contributed by atoms with Crippen molar-refractivity contribution in [1.29, 1.82) is 5.41 Å². The van der Waals surface area contributed by atoms with E-state index in [0.29, 0.717) is 12.1 Å². The second-order valence-corrected chi connectivity index (χ2v) is 3.59. The first kappa shape index (κ1) is 10.2. The van der Waals surface area contributed by atoms with E-state index in [-0.39, 0.29) is 12.1 Å². The van der Waals surface area contributed by atoms with E-state index in [1.165, 1.54) is 0 Å². The maximum Gasteiger partial charge on any atom is 0.320 e. The summed E-state index contributed by atoms with van der Waals surface area (Å²) in [4.78, 5) is 12.7. The number of hydrogen-bond donors (Lipinski definition) is 2. The highest BCUT2D eigenvalue weighted by Crippen LogP contribution is 2.20. The number of hydrogen-bond acceptors (Lipinski definition) is 3. The van der Waals surface area contributed by atoms with E-state index in [1.54, 1.807) is 6.92 Å². The van der Waals surface area contributed by atoms with Gasteiger partial charge in [-0.15, -0.1) is 0 Å². The molecule has 1 unspecified atom stereocenters. The minimum absolute atomic E-state index is 0.0383. The Morgan fingerprint density at radius 2 is 2.31 bits per heavy atom. The fourth-order valence-corrected chi connectivity index (χ4v) is 1.77. The van der Waals surface area contributed by atoms with Gasteiger partial charge in [-0.05, 0) is 33.2 Å². The van der Waals surface area contributed by atoms with Crippen LogP contribution in [0.15, 0.2) is 0 Å². The van der Waals surface area contributed by atoms with Crippen LogP contribution in [0.1, 0.15) is 26.7 Å². The third kappa shape index (κ3) is 2.06. The van der Waals surface area contributed by atoms with Crippen molar-refractivity contribution >= 4 is 11.7 Å². The van der Waals surface area contributed by atoms with Crippen LogP contribution in [0.25, 0.3) is 0 Å². The van der Waals surface area contributed by atoms with Crippen LogP contribution < -0.4 is 0 Å². The molecule has 1 aliphatic rings. The number of carbonyl (C=O) groups is 1. The molecule has 4 heteroatoms. The summed E-state index contributed by atoms with van der Waals surface area (Å²) < 4.78 is 0. The molecule has 0 aromatic carbocycles. The summed E-state index contributed by atoms with van der Waals surface area (Å²) in [7, 11) is 0. The Balaban J connectivity index is 2.68. The quantitative estimate of drug-likeness (QED) is 0.642. The Labute approximate surface area is 78.1 Å². The van der Waals surface area contributed by atoms with Crippen LogP contribution in [-0.4, -0.2) is 40.3 Å². The predicted molar refractivity (Wildman–Crippen MR) is 50.2 cm³/mol. The second-order valence-electron chi connectivity index (χ2n) is 3.59. The predicted octanol–water partition coefficient (Wildman–Crippen LogP) is 0.964. The lowest BCUT2D eigenvalue weighted by atomic mass is 10.1. The molecule has 0 radical (unpaired) electrons. The van der Waals surface area contributed by atoms with E-state index in [0.717, 1.165) is 13.0 Å². The Bertz CT molecular complexity index is 228. The number of rotatable bonds is 3. The topological polar surface area (TPSA) is 64.4 Å². The number of nitrogens with zero attached hydrogens (tertiary/aromatic N) is 1. The molecule has 0 saturated carbocycles.